The van der Waals surface area contributed by atoms with Gasteiger partial charge in [0, 0.05) is 37.7 Å². The molecule has 2 aliphatic heterocycles. The Morgan fingerprint density at radius 2 is 1.79 bits per heavy atom. The molecule has 0 unspecified atom stereocenters. The van der Waals surface area contributed by atoms with Gasteiger partial charge in [-0.15, -0.1) is 0 Å². The normalized spacial score (nSPS) is 17.8. The molecule has 11 heteroatoms. The van der Waals surface area contributed by atoms with E-state index in [1.807, 2.05) is 0 Å². The maximum Gasteiger partial charge on any atom is 0.282 e. The molecule has 0 spiro atoms. The van der Waals surface area contributed by atoms with E-state index >= 15 is 0 Å². The molecule has 1 atom stereocenters. The number of hydrogen-bond donors (Lipinski definition) is 0. The van der Waals surface area contributed by atoms with Crippen molar-refractivity contribution in [2.75, 3.05) is 6.54 Å². The van der Waals surface area contributed by atoms with Gasteiger partial charge < -0.3 is 9.47 Å². The molecule has 5 rings (SSSR count). The Hall–Kier alpha value is -3.24. The van der Waals surface area contributed by atoms with Crippen LogP contribution >= 0.6 is 0 Å². The van der Waals surface area contributed by atoms with Gasteiger partial charge in [-0.25, -0.2) is 26.9 Å². The SMILES string of the molecule is C[C@H]1c2nn(C)c(-c3cc(F)c(F)c(F)c3)c2CCN1C(=O)c1c(C(F)F)nc2n1CCCC2. The van der Waals surface area contributed by atoms with Gasteiger partial charge in [-0.2, -0.15) is 5.10 Å². The molecular formula is C23H22F5N5O. The Kier molecular flexibility index (Phi) is 5.44. The van der Waals surface area contributed by atoms with Crippen LogP contribution in [0.2, 0.25) is 0 Å². The summed E-state index contributed by atoms with van der Waals surface area (Å²) < 4.78 is 71.8. The van der Waals surface area contributed by atoms with E-state index in [-0.39, 0.29) is 17.8 Å². The summed E-state index contributed by atoms with van der Waals surface area (Å²) in [4.78, 5) is 19.1. The molecule has 2 aliphatic rings. The molecule has 0 saturated heterocycles. The average molecular weight is 479 g/mol. The topological polar surface area (TPSA) is 56.0 Å². The van der Waals surface area contributed by atoms with Gasteiger partial charge in [0.1, 0.15) is 17.2 Å². The maximum atomic E-state index is 13.9. The number of alkyl halides is 2. The molecule has 0 N–H and O–H groups in total. The summed E-state index contributed by atoms with van der Waals surface area (Å²) in [5, 5.41) is 4.46. The summed E-state index contributed by atoms with van der Waals surface area (Å²) in [6.07, 6.45) is -0.433. The van der Waals surface area contributed by atoms with Crippen LogP contribution in [-0.2, 0) is 26.4 Å². The molecule has 1 amide bonds. The molecule has 2 aromatic heterocycles. The number of fused-ring (bicyclic) bond motifs is 2. The Morgan fingerprint density at radius 1 is 1.09 bits per heavy atom. The lowest BCUT2D eigenvalue weighted by Crippen LogP contribution is -2.40. The molecule has 180 valence electrons. The van der Waals surface area contributed by atoms with Crippen LogP contribution < -0.4 is 0 Å². The largest absolute Gasteiger partial charge is 0.329 e. The zero-order valence-corrected chi connectivity index (χ0v) is 18.6. The van der Waals surface area contributed by atoms with Crippen molar-refractivity contribution in [1.29, 1.82) is 0 Å². The van der Waals surface area contributed by atoms with Gasteiger partial charge in [0.15, 0.2) is 17.5 Å². The standard InChI is InChI=1S/C23H22F5N5O/c1-11-18-13(20(31(2)30-18)12-9-14(24)17(26)15(25)10-12)6-8-32(11)23(34)21-19(22(27)28)29-16-5-3-4-7-33(16)21/h9-11,22H,3-8H2,1-2H3/t11-/m0/s1. The van der Waals surface area contributed by atoms with Crippen LogP contribution in [0.3, 0.4) is 0 Å². The van der Waals surface area contributed by atoms with Crippen LogP contribution in [0, 0.1) is 17.5 Å². The van der Waals surface area contributed by atoms with E-state index in [1.54, 1.807) is 18.5 Å². The fraction of sp³-hybridized carbons (Fsp3) is 0.435. The first-order valence-corrected chi connectivity index (χ1v) is 11.1. The van der Waals surface area contributed by atoms with Crippen molar-refractivity contribution in [2.45, 2.75) is 51.6 Å². The van der Waals surface area contributed by atoms with Gasteiger partial charge in [-0.05, 0) is 38.3 Å². The quantitative estimate of drug-likeness (QED) is 0.403. The smallest absolute Gasteiger partial charge is 0.282 e. The summed E-state index contributed by atoms with van der Waals surface area (Å²) in [6, 6.07) is 1.24. The van der Waals surface area contributed by atoms with Crippen molar-refractivity contribution < 1.29 is 26.7 Å². The highest BCUT2D eigenvalue weighted by Crippen LogP contribution is 2.38. The van der Waals surface area contributed by atoms with E-state index < -0.39 is 41.5 Å². The fourth-order valence-corrected chi connectivity index (χ4v) is 5.09. The molecule has 0 radical (unpaired) electrons. The van der Waals surface area contributed by atoms with Gasteiger partial charge in [0.25, 0.3) is 12.3 Å². The number of benzene rings is 1. The number of amides is 1. The van der Waals surface area contributed by atoms with Crippen molar-refractivity contribution >= 4 is 5.91 Å². The molecule has 1 aromatic carbocycles. The zero-order chi connectivity index (χ0) is 24.3. The number of carbonyl (C=O) groups is 1. The Morgan fingerprint density at radius 3 is 2.47 bits per heavy atom. The van der Waals surface area contributed by atoms with Gasteiger partial charge in [-0.3, -0.25) is 9.48 Å². The van der Waals surface area contributed by atoms with Crippen LogP contribution in [0.25, 0.3) is 11.3 Å². The molecule has 0 fully saturated rings. The van der Waals surface area contributed by atoms with E-state index in [2.05, 4.69) is 10.1 Å². The summed E-state index contributed by atoms with van der Waals surface area (Å²) >= 11 is 0. The molecule has 4 heterocycles. The minimum absolute atomic E-state index is 0.0844. The highest BCUT2D eigenvalue weighted by molar-refractivity contribution is 5.94. The van der Waals surface area contributed by atoms with Gasteiger partial charge in [0.2, 0.25) is 0 Å². The fourth-order valence-electron chi connectivity index (χ4n) is 5.09. The number of aryl methyl sites for hydroxylation is 2. The Bertz CT molecular complexity index is 1270. The second-order valence-corrected chi connectivity index (χ2v) is 8.69. The van der Waals surface area contributed by atoms with E-state index in [1.165, 1.54) is 9.58 Å². The highest BCUT2D eigenvalue weighted by Gasteiger charge is 2.38. The minimum Gasteiger partial charge on any atom is -0.329 e. The van der Waals surface area contributed by atoms with Gasteiger partial charge >= 0.3 is 0 Å². The second-order valence-electron chi connectivity index (χ2n) is 8.69. The van der Waals surface area contributed by atoms with E-state index in [0.717, 1.165) is 25.0 Å². The first-order valence-electron chi connectivity index (χ1n) is 11.1. The number of rotatable bonds is 3. The third-order valence-electron chi connectivity index (χ3n) is 6.68. The number of imidazole rings is 1. The van der Waals surface area contributed by atoms with Crippen LogP contribution in [0.4, 0.5) is 22.0 Å². The molecule has 34 heavy (non-hydrogen) atoms. The maximum absolute atomic E-state index is 13.9. The molecule has 0 aliphatic carbocycles. The molecule has 3 aromatic rings. The summed E-state index contributed by atoms with van der Waals surface area (Å²) in [5.74, 6) is -4.22. The number of nitrogens with zero attached hydrogens (tertiary/aromatic N) is 5. The third kappa shape index (κ3) is 3.40. The van der Waals surface area contributed by atoms with Crippen molar-refractivity contribution in [3.8, 4) is 11.3 Å². The Balaban J connectivity index is 1.53. The van der Waals surface area contributed by atoms with Gasteiger partial charge in [0.05, 0.1) is 17.4 Å². The van der Waals surface area contributed by atoms with E-state index in [4.69, 9.17) is 0 Å². The Labute approximate surface area is 192 Å². The highest BCUT2D eigenvalue weighted by atomic mass is 19.3. The molecule has 0 bridgehead atoms. The van der Waals surface area contributed by atoms with E-state index in [0.29, 0.717) is 42.2 Å². The van der Waals surface area contributed by atoms with Crippen molar-refractivity contribution in [3.63, 3.8) is 0 Å². The second kappa shape index (κ2) is 8.21. The summed E-state index contributed by atoms with van der Waals surface area (Å²) in [5.41, 5.74) is 1.14. The van der Waals surface area contributed by atoms with Crippen LogP contribution in [0.5, 0.6) is 0 Å². The lowest BCUT2D eigenvalue weighted by atomic mass is 9.95. The first-order chi connectivity index (χ1) is 16.2. The number of aromatic nitrogens is 4. The molecule has 0 saturated carbocycles. The van der Waals surface area contributed by atoms with Crippen molar-refractivity contribution in [2.24, 2.45) is 7.05 Å². The molecule has 6 nitrogen and oxygen atoms in total. The van der Waals surface area contributed by atoms with Gasteiger partial charge in [-0.1, -0.05) is 0 Å². The lowest BCUT2D eigenvalue weighted by Gasteiger charge is -2.33. The predicted octanol–water partition coefficient (Wildman–Crippen LogP) is 4.73. The zero-order valence-electron chi connectivity index (χ0n) is 18.6. The van der Waals surface area contributed by atoms with Crippen LogP contribution in [0.15, 0.2) is 12.1 Å². The number of hydrogen-bond acceptors (Lipinski definition) is 3. The molecular weight excluding hydrogens is 457 g/mol. The summed E-state index contributed by atoms with van der Waals surface area (Å²) in [6.45, 7) is 2.38. The average Bonchev–Trinajstić information content (AvgIpc) is 3.35. The van der Waals surface area contributed by atoms with E-state index in [9.17, 15) is 26.7 Å². The van der Waals surface area contributed by atoms with Crippen molar-refractivity contribution in [1.82, 2.24) is 24.2 Å². The van der Waals surface area contributed by atoms with Crippen LogP contribution in [-0.4, -0.2) is 36.7 Å². The summed E-state index contributed by atoms with van der Waals surface area (Å²) in [7, 11) is 1.59. The monoisotopic (exact) mass is 479 g/mol. The third-order valence-corrected chi connectivity index (χ3v) is 6.68. The first kappa shape index (κ1) is 22.5. The number of carbonyl (C=O) groups excluding carboxylic acids is 1. The van der Waals surface area contributed by atoms with Crippen LogP contribution in [0.1, 0.15) is 65.5 Å². The minimum atomic E-state index is -2.88. The predicted molar refractivity (Wildman–Crippen MR) is 112 cm³/mol. The lowest BCUT2D eigenvalue weighted by molar-refractivity contribution is 0.0648. The van der Waals surface area contributed by atoms with Crippen molar-refractivity contribution in [3.05, 3.63) is 58.1 Å². The number of halogens is 5.